The molecule has 5 nitrogen and oxygen atoms in total. The fourth-order valence-corrected chi connectivity index (χ4v) is 1.19. The molecule has 2 amide bonds. The Hall–Kier alpha value is -1.30. The number of primary amides is 1. The van der Waals surface area contributed by atoms with Gasteiger partial charge in [0.05, 0.1) is 0 Å². The maximum Gasteiger partial charge on any atom is 0.268 e. The first-order valence-electron chi connectivity index (χ1n) is 3.95. The summed E-state index contributed by atoms with van der Waals surface area (Å²) >= 11 is 3.19. The van der Waals surface area contributed by atoms with Crippen molar-refractivity contribution in [2.24, 2.45) is 5.73 Å². The standard InChI is InChI=1S/C8H10BrN3O2/c1-4(7(10)13)12-8(14)6-2-5(9)3-11-6/h2-4,11H,1H3,(H2,10,13)(H,12,14)/t4-/m0/s1. The van der Waals surface area contributed by atoms with Crippen molar-refractivity contribution in [1.82, 2.24) is 10.3 Å². The summed E-state index contributed by atoms with van der Waals surface area (Å²) in [4.78, 5) is 24.8. The number of aromatic nitrogens is 1. The molecule has 1 heterocycles. The molecule has 0 bridgehead atoms. The highest BCUT2D eigenvalue weighted by Gasteiger charge is 2.14. The van der Waals surface area contributed by atoms with Crippen molar-refractivity contribution in [3.8, 4) is 0 Å². The number of hydrogen-bond donors (Lipinski definition) is 3. The van der Waals surface area contributed by atoms with Crippen molar-refractivity contribution in [1.29, 1.82) is 0 Å². The predicted octanol–water partition coefficient (Wildman–Crippen LogP) is 0.381. The molecular weight excluding hydrogens is 250 g/mol. The molecule has 0 unspecified atom stereocenters. The third kappa shape index (κ3) is 2.59. The number of carbonyl (C=O) groups is 2. The van der Waals surface area contributed by atoms with Crippen LogP contribution in [0, 0.1) is 0 Å². The monoisotopic (exact) mass is 259 g/mol. The highest BCUT2D eigenvalue weighted by molar-refractivity contribution is 9.10. The van der Waals surface area contributed by atoms with E-state index >= 15 is 0 Å². The van der Waals surface area contributed by atoms with Crippen LogP contribution in [0.15, 0.2) is 16.7 Å². The van der Waals surface area contributed by atoms with Gasteiger partial charge in [-0.15, -0.1) is 0 Å². The Morgan fingerprint density at radius 2 is 2.29 bits per heavy atom. The largest absolute Gasteiger partial charge is 0.368 e. The van der Waals surface area contributed by atoms with Crippen LogP contribution in [-0.4, -0.2) is 22.8 Å². The average molecular weight is 260 g/mol. The van der Waals surface area contributed by atoms with Gasteiger partial charge in [0.25, 0.3) is 5.91 Å². The molecular formula is C8H10BrN3O2. The smallest absolute Gasteiger partial charge is 0.268 e. The summed E-state index contributed by atoms with van der Waals surface area (Å²) in [5.74, 6) is -0.925. The van der Waals surface area contributed by atoms with Crippen LogP contribution in [0.2, 0.25) is 0 Å². The van der Waals surface area contributed by atoms with E-state index in [4.69, 9.17) is 5.73 Å². The van der Waals surface area contributed by atoms with Crippen LogP contribution in [0.25, 0.3) is 0 Å². The van der Waals surface area contributed by atoms with E-state index in [2.05, 4.69) is 26.2 Å². The van der Waals surface area contributed by atoms with Crippen molar-refractivity contribution < 1.29 is 9.59 Å². The second-order valence-electron chi connectivity index (χ2n) is 2.83. The average Bonchev–Trinajstić information content (AvgIpc) is 2.51. The predicted molar refractivity (Wildman–Crippen MR) is 54.6 cm³/mol. The van der Waals surface area contributed by atoms with Gasteiger partial charge < -0.3 is 16.0 Å². The minimum atomic E-state index is -0.676. The van der Waals surface area contributed by atoms with Gasteiger partial charge in [-0.2, -0.15) is 0 Å². The number of nitrogens with two attached hydrogens (primary N) is 1. The molecule has 0 aliphatic carbocycles. The topological polar surface area (TPSA) is 88.0 Å². The lowest BCUT2D eigenvalue weighted by atomic mass is 10.3. The second-order valence-corrected chi connectivity index (χ2v) is 3.74. The fraction of sp³-hybridized carbons (Fsp3) is 0.250. The van der Waals surface area contributed by atoms with Crippen LogP contribution in [0.5, 0.6) is 0 Å². The molecule has 0 radical (unpaired) electrons. The zero-order chi connectivity index (χ0) is 10.7. The van der Waals surface area contributed by atoms with Gasteiger partial charge in [0.15, 0.2) is 0 Å². The van der Waals surface area contributed by atoms with Crippen LogP contribution in [-0.2, 0) is 4.79 Å². The zero-order valence-corrected chi connectivity index (χ0v) is 9.09. The second kappa shape index (κ2) is 4.28. The number of aromatic amines is 1. The third-order valence-corrected chi connectivity index (χ3v) is 2.12. The van der Waals surface area contributed by atoms with E-state index in [9.17, 15) is 9.59 Å². The first-order chi connectivity index (χ1) is 6.50. The summed E-state index contributed by atoms with van der Waals surface area (Å²) in [6.45, 7) is 1.53. The summed E-state index contributed by atoms with van der Waals surface area (Å²) < 4.78 is 0.773. The molecule has 0 aromatic carbocycles. The van der Waals surface area contributed by atoms with Crippen molar-refractivity contribution >= 4 is 27.7 Å². The van der Waals surface area contributed by atoms with Crippen molar-refractivity contribution in [3.63, 3.8) is 0 Å². The van der Waals surface area contributed by atoms with Gasteiger partial charge in [-0.3, -0.25) is 9.59 Å². The highest BCUT2D eigenvalue weighted by atomic mass is 79.9. The summed E-state index contributed by atoms with van der Waals surface area (Å²) in [5, 5.41) is 2.44. The molecule has 0 saturated carbocycles. The zero-order valence-electron chi connectivity index (χ0n) is 7.50. The fourth-order valence-electron chi connectivity index (χ4n) is 0.845. The SMILES string of the molecule is C[C@H](NC(=O)c1cc(Br)c[nH]1)C(N)=O. The van der Waals surface area contributed by atoms with Crippen molar-refractivity contribution in [2.75, 3.05) is 0 Å². The maximum absolute atomic E-state index is 11.4. The van der Waals surface area contributed by atoms with E-state index in [0.717, 1.165) is 4.47 Å². The molecule has 4 N–H and O–H groups in total. The summed E-state index contributed by atoms with van der Waals surface area (Å²) in [6.07, 6.45) is 1.63. The Kier molecular flexibility index (Phi) is 3.29. The molecule has 1 atom stereocenters. The molecule has 1 aromatic heterocycles. The molecule has 76 valence electrons. The van der Waals surface area contributed by atoms with Crippen molar-refractivity contribution in [3.05, 3.63) is 22.4 Å². The molecule has 0 aliphatic rings. The van der Waals surface area contributed by atoms with E-state index in [-0.39, 0.29) is 5.91 Å². The van der Waals surface area contributed by atoms with Crippen LogP contribution in [0.3, 0.4) is 0 Å². The molecule has 0 fully saturated rings. The van der Waals surface area contributed by atoms with Crippen LogP contribution < -0.4 is 11.1 Å². The lowest BCUT2D eigenvalue weighted by Crippen LogP contribution is -2.42. The van der Waals surface area contributed by atoms with Gasteiger partial charge in [0.2, 0.25) is 5.91 Å². The maximum atomic E-state index is 11.4. The minimum absolute atomic E-state index is 0.359. The molecule has 6 heteroatoms. The van der Waals surface area contributed by atoms with Gasteiger partial charge in [0.1, 0.15) is 11.7 Å². The number of H-pyrrole nitrogens is 1. The summed E-state index contributed by atoms with van der Waals surface area (Å²) in [7, 11) is 0. The molecule has 0 spiro atoms. The quantitative estimate of drug-likeness (QED) is 0.733. The molecule has 1 rings (SSSR count). The number of carbonyl (C=O) groups excluding carboxylic acids is 2. The highest BCUT2D eigenvalue weighted by Crippen LogP contribution is 2.10. The number of hydrogen-bond acceptors (Lipinski definition) is 2. The Morgan fingerprint density at radius 3 is 2.71 bits per heavy atom. The molecule has 0 saturated heterocycles. The summed E-state index contributed by atoms with van der Waals surface area (Å²) in [6, 6.07) is 0.938. The van der Waals surface area contributed by atoms with E-state index in [1.807, 2.05) is 0 Å². The first kappa shape index (κ1) is 10.8. The molecule has 1 aromatic rings. The van der Waals surface area contributed by atoms with Crippen molar-refractivity contribution in [2.45, 2.75) is 13.0 Å². The summed E-state index contributed by atoms with van der Waals surface area (Å²) in [5.41, 5.74) is 5.37. The van der Waals surface area contributed by atoms with Crippen LogP contribution in [0.4, 0.5) is 0 Å². The lowest BCUT2D eigenvalue weighted by Gasteiger charge is -2.08. The Balaban J connectivity index is 2.63. The molecule has 0 aliphatic heterocycles. The third-order valence-electron chi connectivity index (χ3n) is 1.67. The van der Waals surface area contributed by atoms with Gasteiger partial charge in [-0.1, -0.05) is 0 Å². The minimum Gasteiger partial charge on any atom is -0.368 e. The molecule has 14 heavy (non-hydrogen) atoms. The van der Waals surface area contributed by atoms with Gasteiger partial charge in [-0.25, -0.2) is 0 Å². The van der Waals surface area contributed by atoms with Crippen LogP contribution in [0.1, 0.15) is 17.4 Å². The lowest BCUT2D eigenvalue weighted by molar-refractivity contribution is -0.119. The van der Waals surface area contributed by atoms with Gasteiger partial charge in [0, 0.05) is 10.7 Å². The van der Waals surface area contributed by atoms with E-state index in [1.165, 1.54) is 6.92 Å². The van der Waals surface area contributed by atoms with Gasteiger partial charge in [-0.05, 0) is 28.9 Å². The Bertz CT molecular complexity index is 361. The first-order valence-corrected chi connectivity index (χ1v) is 4.74. The normalized spacial score (nSPS) is 12.1. The van der Waals surface area contributed by atoms with E-state index in [1.54, 1.807) is 12.3 Å². The number of rotatable bonds is 3. The van der Waals surface area contributed by atoms with Gasteiger partial charge >= 0.3 is 0 Å². The number of amides is 2. The van der Waals surface area contributed by atoms with Crippen LogP contribution >= 0.6 is 15.9 Å². The van der Waals surface area contributed by atoms with E-state index in [0.29, 0.717) is 5.69 Å². The Morgan fingerprint density at radius 1 is 1.64 bits per heavy atom. The number of halogens is 1. The van der Waals surface area contributed by atoms with E-state index < -0.39 is 11.9 Å². The Labute approximate surface area is 89.2 Å². The number of nitrogens with one attached hydrogen (secondary N) is 2.